The van der Waals surface area contributed by atoms with E-state index in [0.717, 1.165) is 38.5 Å². The minimum Gasteiger partial charge on any atom is -0.326 e. The fourth-order valence-corrected chi connectivity index (χ4v) is 6.61. The lowest BCUT2D eigenvalue weighted by atomic mass is 9.85. The highest BCUT2D eigenvalue weighted by Gasteiger charge is 2.46. The Hall–Kier alpha value is -0.130. The van der Waals surface area contributed by atoms with Crippen LogP contribution in [0.1, 0.15) is 57.8 Å². The van der Waals surface area contributed by atoms with E-state index in [4.69, 9.17) is 5.73 Å². The molecule has 1 aliphatic carbocycles. The number of nitrogens with two attached hydrogens (primary N) is 1. The summed E-state index contributed by atoms with van der Waals surface area (Å²) in [5.74, 6) is 0.591. The Morgan fingerprint density at radius 3 is 2.00 bits per heavy atom. The van der Waals surface area contributed by atoms with Crippen molar-refractivity contribution in [3.63, 3.8) is 0 Å². The van der Waals surface area contributed by atoms with Gasteiger partial charge in [-0.2, -0.15) is 4.31 Å². The highest BCUT2D eigenvalue weighted by Crippen LogP contribution is 2.40. The lowest BCUT2D eigenvalue weighted by Gasteiger charge is -2.29. The minimum atomic E-state index is -3.14. The first-order chi connectivity index (χ1) is 9.08. The average molecular weight is 286 g/mol. The second kappa shape index (κ2) is 5.34. The van der Waals surface area contributed by atoms with E-state index in [0.29, 0.717) is 5.92 Å². The third-order valence-corrected chi connectivity index (χ3v) is 7.41. The molecule has 2 saturated heterocycles. The second-order valence-corrected chi connectivity index (χ2v) is 8.55. The number of nitrogens with zero attached hydrogens (tertiary/aromatic N) is 1. The zero-order valence-electron chi connectivity index (χ0n) is 11.6. The summed E-state index contributed by atoms with van der Waals surface area (Å²) in [6.45, 7) is 0. The molecule has 19 heavy (non-hydrogen) atoms. The summed E-state index contributed by atoms with van der Waals surface area (Å²) in [7, 11) is -3.14. The van der Waals surface area contributed by atoms with Crippen LogP contribution in [0.3, 0.4) is 0 Å². The highest BCUT2D eigenvalue weighted by atomic mass is 32.2. The summed E-state index contributed by atoms with van der Waals surface area (Å²) in [4.78, 5) is 0. The van der Waals surface area contributed by atoms with Crippen molar-refractivity contribution in [2.45, 2.75) is 75.9 Å². The molecule has 0 aromatic rings. The zero-order chi connectivity index (χ0) is 13.5. The summed E-state index contributed by atoms with van der Waals surface area (Å²) in [6, 6.07) is 0.410. The van der Waals surface area contributed by atoms with Crippen molar-refractivity contribution in [1.82, 2.24) is 4.31 Å². The van der Waals surface area contributed by atoms with Gasteiger partial charge in [0.1, 0.15) is 0 Å². The summed E-state index contributed by atoms with van der Waals surface area (Å²) in [5.41, 5.74) is 6.21. The maximum absolute atomic E-state index is 12.6. The maximum Gasteiger partial charge on any atom is 0.216 e. The van der Waals surface area contributed by atoms with E-state index in [1.807, 2.05) is 4.31 Å². The monoisotopic (exact) mass is 286 g/mol. The van der Waals surface area contributed by atoms with Crippen LogP contribution in [-0.4, -0.2) is 36.6 Å². The normalized spacial score (nSPS) is 34.8. The number of sulfonamides is 1. The first kappa shape index (κ1) is 13.8. The number of rotatable bonds is 4. The summed E-state index contributed by atoms with van der Waals surface area (Å²) >= 11 is 0. The van der Waals surface area contributed by atoms with Crippen LogP contribution in [0.5, 0.6) is 0 Å². The SMILES string of the molecule is NC(CS(=O)(=O)N1C2CCC1CC2)C1CCCCC1. The van der Waals surface area contributed by atoms with Crippen molar-refractivity contribution < 1.29 is 8.42 Å². The quantitative estimate of drug-likeness (QED) is 0.858. The maximum atomic E-state index is 12.6. The van der Waals surface area contributed by atoms with Crippen molar-refractivity contribution in [2.24, 2.45) is 11.7 Å². The zero-order valence-corrected chi connectivity index (χ0v) is 12.4. The predicted octanol–water partition coefficient (Wildman–Crippen LogP) is 1.85. The summed E-state index contributed by atoms with van der Waals surface area (Å²) in [5, 5.41) is 0. The van der Waals surface area contributed by atoms with E-state index in [1.54, 1.807) is 0 Å². The molecule has 5 heteroatoms. The molecule has 1 unspecified atom stereocenters. The van der Waals surface area contributed by atoms with Crippen molar-refractivity contribution in [3.8, 4) is 0 Å². The van der Waals surface area contributed by atoms with Crippen molar-refractivity contribution >= 4 is 10.0 Å². The van der Waals surface area contributed by atoms with Crippen LogP contribution in [0.15, 0.2) is 0 Å². The van der Waals surface area contributed by atoms with Gasteiger partial charge in [-0.25, -0.2) is 8.42 Å². The Balaban J connectivity index is 1.64. The van der Waals surface area contributed by atoms with E-state index in [9.17, 15) is 8.42 Å². The fraction of sp³-hybridized carbons (Fsp3) is 1.00. The minimum absolute atomic E-state index is 0.162. The average Bonchev–Trinajstić information content (AvgIpc) is 3.00. The molecule has 0 radical (unpaired) electrons. The topological polar surface area (TPSA) is 63.4 Å². The van der Waals surface area contributed by atoms with E-state index < -0.39 is 10.0 Å². The molecular formula is C14H26N2O2S. The lowest BCUT2D eigenvalue weighted by Crippen LogP contribution is -2.45. The van der Waals surface area contributed by atoms with Crippen LogP contribution >= 0.6 is 0 Å². The molecule has 3 rings (SSSR count). The van der Waals surface area contributed by atoms with Gasteiger partial charge in [-0.3, -0.25) is 0 Å². The third-order valence-electron chi connectivity index (χ3n) is 5.37. The van der Waals surface area contributed by atoms with Crippen molar-refractivity contribution in [2.75, 3.05) is 5.75 Å². The van der Waals surface area contributed by atoms with Crippen LogP contribution < -0.4 is 5.73 Å². The van der Waals surface area contributed by atoms with Crippen LogP contribution in [0.4, 0.5) is 0 Å². The predicted molar refractivity (Wildman–Crippen MR) is 76.2 cm³/mol. The molecule has 3 aliphatic rings. The molecule has 2 N–H and O–H groups in total. The molecule has 3 fully saturated rings. The Morgan fingerprint density at radius 1 is 0.947 bits per heavy atom. The van der Waals surface area contributed by atoms with Gasteiger partial charge >= 0.3 is 0 Å². The van der Waals surface area contributed by atoms with Crippen LogP contribution in [0.2, 0.25) is 0 Å². The van der Waals surface area contributed by atoms with Gasteiger partial charge in [-0.15, -0.1) is 0 Å². The van der Waals surface area contributed by atoms with E-state index in [2.05, 4.69) is 0 Å². The first-order valence-corrected chi connectivity index (χ1v) is 9.45. The van der Waals surface area contributed by atoms with Crippen LogP contribution in [0, 0.1) is 5.92 Å². The lowest BCUT2D eigenvalue weighted by molar-refractivity contribution is 0.312. The van der Waals surface area contributed by atoms with Gasteiger partial charge in [0.05, 0.1) is 5.75 Å². The molecule has 2 heterocycles. The fourth-order valence-electron chi connectivity index (χ4n) is 4.35. The number of hydrogen-bond donors (Lipinski definition) is 1. The Kier molecular flexibility index (Phi) is 3.89. The Labute approximate surface area is 116 Å². The summed E-state index contributed by atoms with van der Waals surface area (Å²) < 4.78 is 27.0. The third kappa shape index (κ3) is 2.69. The molecule has 0 amide bonds. The van der Waals surface area contributed by atoms with Gasteiger partial charge < -0.3 is 5.73 Å². The molecular weight excluding hydrogens is 260 g/mol. The largest absolute Gasteiger partial charge is 0.326 e. The molecule has 0 aromatic heterocycles. The Morgan fingerprint density at radius 2 is 1.47 bits per heavy atom. The van der Waals surface area contributed by atoms with Gasteiger partial charge in [0.25, 0.3) is 0 Å². The number of fused-ring (bicyclic) bond motifs is 2. The molecule has 2 bridgehead atoms. The van der Waals surface area contributed by atoms with Gasteiger partial charge in [-0.1, -0.05) is 19.3 Å². The van der Waals surface area contributed by atoms with Crippen molar-refractivity contribution in [1.29, 1.82) is 0 Å². The molecule has 0 spiro atoms. The second-order valence-electron chi connectivity index (χ2n) is 6.63. The highest BCUT2D eigenvalue weighted by molar-refractivity contribution is 7.89. The van der Waals surface area contributed by atoms with Gasteiger partial charge in [0.15, 0.2) is 0 Å². The van der Waals surface area contributed by atoms with Crippen molar-refractivity contribution in [3.05, 3.63) is 0 Å². The molecule has 2 aliphatic heterocycles. The van der Waals surface area contributed by atoms with Crippen LogP contribution in [-0.2, 0) is 10.0 Å². The molecule has 1 saturated carbocycles. The van der Waals surface area contributed by atoms with E-state index >= 15 is 0 Å². The molecule has 110 valence electrons. The van der Waals surface area contributed by atoms with Gasteiger partial charge in [0, 0.05) is 18.1 Å². The standard InChI is InChI=1S/C14H26N2O2S/c15-14(11-4-2-1-3-5-11)10-19(17,18)16-12-6-7-13(16)9-8-12/h11-14H,1-10,15H2. The van der Waals surface area contributed by atoms with E-state index in [-0.39, 0.29) is 23.9 Å². The number of hydrogen-bond acceptors (Lipinski definition) is 3. The van der Waals surface area contributed by atoms with E-state index in [1.165, 1.54) is 19.3 Å². The van der Waals surface area contributed by atoms with Crippen LogP contribution in [0.25, 0.3) is 0 Å². The van der Waals surface area contributed by atoms with Gasteiger partial charge in [0.2, 0.25) is 10.0 Å². The summed E-state index contributed by atoms with van der Waals surface area (Å²) in [6.07, 6.45) is 10.2. The molecule has 1 atom stereocenters. The Bertz CT molecular complexity index is 397. The molecule has 4 nitrogen and oxygen atoms in total. The first-order valence-electron chi connectivity index (χ1n) is 7.85. The van der Waals surface area contributed by atoms with Gasteiger partial charge in [-0.05, 0) is 44.4 Å². The smallest absolute Gasteiger partial charge is 0.216 e. The molecule has 0 aromatic carbocycles.